The van der Waals surface area contributed by atoms with Gasteiger partial charge in [-0.2, -0.15) is 0 Å². The van der Waals surface area contributed by atoms with Crippen molar-refractivity contribution < 1.29 is 9.80 Å². The molecule has 106 valence electrons. The van der Waals surface area contributed by atoms with Crippen LogP contribution in [0.2, 0.25) is 0 Å². The van der Waals surface area contributed by atoms with Gasteiger partial charge >= 0.3 is 0 Å². The van der Waals surface area contributed by atoms with Crippen molar-refractivity contribution in [2.24, 2.45) is 17.8 Å². The largest absolute Gasteiger partial charge is 0.325 e. The lowest BCUT2D eigenvalue weighted by atomic mass is 9.93. The Morgan fingerprint density at radius 3 is 2.32 bits per heavy atom. The first-order valence-electron chi connectivity index (χ1n) is 8.75. The molecule has 3 aliphatic carbocycles. The van der Waals surface area contributed by atoms with E-state index in [9.17, 15) is 0 Å². The van der Waals surface area contributed by atoms with Gasteiger partial charge in [-0.25, -0.2) is 0 Å². The van der Waals surface area contributed by atoms with Crippen LogP contribution in [0.3, 0.4) is 0 Å². The fourth-order valence-corrected chi connectivity index (χ4v) is 5.37. The van der Waals surface area contributed by atoms with Crippen molar-refractivity contribution in [1.82, 2.24) is 0 Å². The van der Waals surface area contributed by atoms with Gasteiger partial charge in [-0.1, -0.05) is 12.2 Å². The maximum absolute atomic E-state index is 2.53. The van der Waals surface area contributed by atoms with Crippen LogP contribution in [0.15, 0.2) is 12.2 Å². The Bertz CT molecular complexity index is 337. The van der Waals surface area contributed by atoms with Crippen molar-refractivity contribution in [3.8, 4) is 0 Å². The molecule has 19 heavy (non-hydrogen) atoms. The topological polar surface area (TPSA) is 8.88 Å². The normalized spacial score (nSPS) is 46.2. The van der Waals surface area contributed by atoms with Gasteiger partial charge in [0.1, 0.15) is 26.2 Å². The summed E-state index contributed by atoms with van der Waals surface area (Å²) in [7, 11) is 0. The van der Waals surface area contributed by atoms with Gasteiger partial charge in [0.25, 0.3) is 0 Å². The Morgan fingerprint density at radius 2 is 1.68 bits per heavy atom. The van der Waals surface area contributed by atoms with Crippen molar-refractivity contribution in [2.75, 3.05) is 32.7 Å². The summed E-state index contributed by atoms with van der Waals surface area (Å²) < 4.78 is 0. The van der Waals surface area contributed by atoms with Crippen molar-refractivity contribution in [3.05, 3.63) is 12.2 Å². The third-order valence-electron chi connectivity index (χ3n) is 6.50. The lowest BCUT2D eigenvalue weighted by Crippen LogP contribution is -3.29. The lowest BCUT2D eigenvalue weighted by Gasteiger charge is -2.34. The maximum atomic E-state index is 2.53. The summed E-state index contributed by atoms with van der Waals surface area (Å²) in [5.41, 5.74) is 0. The Balaban J connectivity index is 1.25. The third-order valence-corrected chi connectivity index (χ3v) is 6.50. The van der Waals surface area contributed by atoms with Crippen LogP contribution in [0.25, 0.3) is 0 Å². The minimum Gasteiger partial charge on any atom is -0.325 e. The van der Waals surface area contributed by atoms with Gasteiger partial charge in [0.2, 0.25) is 0 Å². The Kier molecular flexibility index (Phi) is 3.40. The molecule has 4 rings (SSSR count). The first kappa shape index (κ1) is 12.4. The van der Waals surface area contributed by atoms with Crippen LogP contribution in [-0.2, 0) is 0 Å². The SMILES string of the molecule is C1=C[C@H]2C[C@@H]1C[C@H]2C[NH+]1CC[NH+](C2CCCC2)CC1. The van der Waals surface area contributed by atoms with Gasteiger partial charge in [0.15, 0.2) is 0 Å². The van der Waals surface area contributed by atoms with E-state index in [-0.39, 0.29) is 0 Å². The van der Waals surface area contributed by atoms with Gasteiger partial charge in [0, 0.05) is 5.92 Å². The van der Waals surface area contributed by atoms with Crippen LogP contribution in [0.4, 0.5) is 0 Å². The smallest absolute Gasteiger partial charge is 0.127 e. The average Bonchev–Trinajstić information content (AvgIpc) is 3.17. The average molecular weight is 262 g/mol. The van der Waals surface area contributed by atoms with E-state index in [4.69, 9.17) is 0 Å². The summed E-state index contributed by atoms with van der Waals surface area (Å²) in [6.07, 6.45) is 14.0. The highest BCUT2D eigenvalue weighted by molar-refractivity contribution is 5.09. The third kappa shape index (κ3) is 2.50. The molecule has 0 aromatic carbocycles. The first-order valence-corrected chi connectivity index (χ1v) is 8.75. The highest BCUT2D eigenvalue weighted by Crippen LogP contribution is 2.42. The van der Waals surface area contributed by atoms with Crippen LogP contribution >= 0.6 is 0 Å². The van der Waals surface area contributed by atoms with Gasteiger partial charge < -0.3 is 9.80 Å². The number of allylic oxidation sites excluding steroid dienone is 2. The summed E-state index contributed by atoms with van der Waals surface area (Å²) in [5, 5.41) is 0. The Labute approximate surface area is 117 Å². The van der Waals surface area contributed by atoms with E-state index in [0.717, 1.165) is 23.8 Å². The zero-order valence-corrected chi connectivity index (χ0v) is 12.2. The van der Waals surface area contributed by atoms with Crippen molar-refractivity contribution in [1.29, 1.82) is 0 Å². The zero-order chi connectivity index (χ0) is 12.7. The molecule has 0 unspecified atom stereocenters. The Hall–Kier alpha value is -0.340. The molecule has 0 amide bonds. The molecule has 2 bridgehead atoms. The van der Waals surface area contributed by atoms with E-state index >= 15 is 0 Å². The van der Waals surface area contributed by atoms with Gasteiger partial charge in [-0.15, -0.1) is 0 Å². The standard InChI is InChI=1S/C17H28N2/c1-2-4-17(3-1)19-9-7-18(8-10-19)13-16-12-14-5-6-15(16)11-14/h5-6,14-17H,1-4,7-13H2/p+2/t14-,15+,16+/m1/s1. The molecule has 3 fully saturated rings. The molecule has 0 radical (unpaired) electrons. The summed E-state index contributed by atoms with van der Waals surface area (Å²) in [6, 6.07) is 1.03. The number of fused-ring (bicyclic) bond motifs is 2. The Morgan fingerprint density at radius 1 is 0.895 bits per heavy atom. The van der Waals surface area contributed by atoms with Gasteiger partial charge in [-0.05, 0) is 50.4 Å². The summed E-state index contributed by atoms with van der Waals surface area (Å²) in [6.45, 7) is 7.28. The number of hydrogen-bond acceptors (Lipinski definition) is 0. The molecule has 2 heteroatoms. The number of quaternary nitrogens is 2. The molecular formula is C17H30N2+2. The van der Waals surface area contributed by atoms with Gasteiger partial charge in [0.05, 0.1) is 12.6 Å². The molecule has 2 N–H and O–H groups in total. The minimum absolute atomic E-state index is 0.956. The summed E-state index contributed by atoms with van der Waals surface area (Å²) in [4.78, 5) is 3.88. The van der Waals surface area contributed by atoms with E-state index in [2.05, 4.69) is 12.2 Å². The van der Waals surface area contributed by atoms with E-state index in [1.165, 1.54) is 71.2 Å². The number of nitrogens with one attached hydrogen (secondary N) is 2. The number of piperazine rings is 1. The summed E-state index contributed by atoms with van der Waals surface area (Å²) >= 11 is 0. The van der Waals surface area contributed by atoms with Gasteiger partial charge in [-0.3, -0.25) is 0 Å². The second kappa shape index (κ2) is 5.21. The fourth-order valence-electron chi connectivity index (χ4n) is 5.37. The van der Waals surface area contributed by atoms with Crippen LogP contribution in [0, 0.1) is 17.8 Å². The fraction of sp³-hybridized carbons (Fsp3) is 0.882. The second-order valence-electron chi connectivity index (χ2n) is 7.63. The molecule has 2 nitrogen and oxygen atoms in total. The van der Waals surface area contributed by atoms with E-state index in [1.807, 2.05) is 9.80 Å². The molecule has 0 spiro atoms. The minimum atomic E-state index is 0.956. The van der Waals surface area contributed by atoms with Crippen molar-refractivity contribution in [3.63, 3.8) is 0 Å². The molecule has 2 saturated carbocycles. The van der Waals surface area contributed by atoms with Crippen molar-refractivity contribution in [2.45, 2.75) is 44.6 Å². The van der Waals surface area contributed by atoms with Crippen molar-refractivity contribution >= 4 is 0 Å². The number of rotatable bonds is 3. The molecule has 1 aliphatic heterocycles. The molecule has 0 aromatic heterocycles. The van der Waals surface area contributed by atoms with Crippen LogP contribution < -0.4 is 9.80 Å². The second-order valence-corrected chi connectivity index (χ2v) is 7.63. The van der Waals surface area contributed by atoms with Crippen LogP contribution in [0.5, 0.6) is 0 Å². The molecule has 4 aliphatic rings. The predicted octanol–water partition coefficient (Wildman–Crippen LogP) is -0.0754. The zero-order valence-electron chi connectivity index (χ0n) is 12.2. The molecular weight excluding hydrogens is 232 g/mol. The maximum Gasteiger partial charge on any atom is 0.127 e. The molecule has 1 heterocycles. The quantitative estimate of drug-likeness (QED) is 0.659. The predicted molar refractivity (Wildman–Crippen MR) is 77.4 cm³/mol. The first-order chi connectivity index (χ1) is 9.38. The highest BCUT2D eigenvalue weighted by atomic mass is 15.3. The number of hydrogen-bond donors (Lipinski definition) is 2. The highest BCUT2D eigenvalue weighted by Gasteiger charge is 2.39. The molecule has 0 aromatic rings. The lowest BCUT2D eigenvalue weighted by molar-refractivity contribution is -1.02. The molecule has 3 atom stereocenters. The van der Waals surface area contributed by atoms with E-state index in [0.29, 0.717) is 0 Å². The monoisotopic (exact) mass is 262 g/mol. The van der Waals surface area contributed by atoms with E-state index in [1.54, 1.807) is 0 Å². The van der Waals surface area contributed by atoms with Crippen LogP contribution in [0.1, 0.15) is 38.5 Å². The molecule has 1 saturated heterocycles. The summed E-state index contributed by atoms with van der Waals surface area (Å²) in [5.74, 6) is 2.94. The van der Waals surface area contributed by atoms with E-state index < -0.39 is 0 Å². The van der Waals surface area contributed by atoms with Crippen LogP contribution in [-0.4, -0.2) is 38.8 Å².